The van der Waals surface area contributed by atoms with Crippen LogP contribution in [0.3, 0.4) is 0 Å². The van der Waals surface area contributed by atoms with E-state index in [0.29, 0.717) is 6.61 Å². The molecule has 0 saturated carbocycles. The van der Waals surface area contributed by atoms with E-state index in [4.69, 9.17) is 4.74 Å². The molecule has 46 valence electrons. The third-order valence-electron chi connectivity index (χ3n) is 1.16. The lowest BCUT2D eigenvalue weighted by Crippen LogP contribution is -2.03. The third-order valence-corrected chi connectivity index (χ3v) is 1.16. The Morgan fingerprint density at radius 3 is 3.56 bits per heavy atom. The topological polar surface area (TPSA) is 39.9 Å². The maximum atomic E-state index is 4.95. The number of ether oxygens (including phenoxy) is 1. The van der Waals surface area contributed by atoms with Crippen LogP contribution in [0.5, 0.6) is 0 Å². The van der Waals surface area contributed by atoms with Gasteiger partial charge in [0.05, 0.1) is 6.20 Å². The van der Waals surface area contributed by atoms with Gasteiger partial charge in [-0.3, -0.25) is 0 Å². The zero-order valence-corrected chi connectivity index (χ0v) is 4.69. The first-order valence-electron chi connectivity index (χ1n) is 2.63. The summed E-state index contributed by atoms with van der Waals surface area (Å²) >= 11 is 0. The average Bonchev–Trinajstić information content (AvgIpc) is 2.33. The van der Waals surface area contributed by atoms with E-state index < -0.39 is 0 Å². The van der Waals surface area contributed by atoms with E-state index in [1.807, 2.05) is 0 Å². The molecule has 0 saturated heterocycles. The largest absolute Gasteiger partial charge is 0.492 e. The van der Waals surface area contributed by atoms with Gasteiger partial charge in [-0.25, -0.2) is 9.67 Å². The molecule has 4 heteroatoms. The Bertz CT molecular complexity index is 240. The van der Waals surface area contributed by atoms with Gasteiger partial charge in [0, 0.05) is 0 Å². The molecule has 9 heavy (non-hydrogen) atoms. The van der Waals surface area contributed by atoms with E-state index >= 15 is 0 Å². The van der Waals surface area contributed by atoms with Crippen molar-refractivity contribution < 1.29 is 4.74 Å². The Morgan fingerprint density at radius 2 is 2.67 bits per heavy atom. The summed E-state index contributed by atoms with van der Waals surface area (Å²) in [6.45, 7) is 0.524. The molecule has 1 aliphatic rings. The van der Waals surface area contributed by atoms with Gasteiger partial charge >= 0.3 is 0 Å². The van der Waals surface area contributed by atoms with E-state index in [1.54, 1.807) is 17.1 Å². The highest BCUT2D eigenvalue weighted by Gasteiger charge is 2.03. The molecule has 2 rings (SSSR count). The summed E-state index contributed by atoms with van der Waals surface area (Å²) in [5.41, 5.74) is 0. The third kappa shape index (κ3) is 0.595. The molecule has 0 aliphatic carbocycles. The van der Waals surface area contributed by atoms with Gasteiger partial charge in [0.1, 0.15) is 19.2 Å². The van der Waals surface area contributed by atoms with E-state index in [1.165, 1.54) is 6.33 Å². The second-order valence-electron chi connectivity index (χ2n) is 1.72. The molecule has 0 N–H and O–H groups in total. The molecule has 0 amide bonds. The summed E-state index contributed by atoms with van der Waals surface area (Å²) in [6, 6.07) is 0. The fraction of sp³-hybridized carbons (Fsp3) is 0.200. The molecule has 0 unspecified atom stereocenters. The van der Waals surface area contributed by atoms with Crippen LogP contribution in [0.2, 0.25) is 0 Å². The molecule has 1 aromatic heterocycles. The van der Waals surface area contributed by atoms with Crippen molar-refractivity contribution in [3.8, 4) is 0 Å². The highest BCUT2D eigenvalue weighted by Crippen LogP contribution is 2.02. The van der Waals surface area contributed by atoms with Crippen LogP contribution in [0.25, 0.3) is 6.20 Å². The zero-order valence-electron chi connectivity index (χ0n) is 4.69. The van der Waals surface area contributed by atoms with Crippen LogP contribution in [0.4, 0.5) is 0 Å². The Morgan fingerprint density at radius 1 is 1.67 bits per heavy atom. The fourth-order valence-corrected chi connectivity index (χ4v) is 0.725. The van der Waals surface area contributed by atoms with Gasteiger partial charge < -0.3 is 4.74 Å². The summed E-state index contributed by atoms with van der Waals surface area (Å²) in [5.74, 6) is 0.845. The minimum atomic E-state index is 0.524. The minimum absolute atomic E-state index is 0.524. The summed E-state index contributed by atoms with van der Waals surface area (Å²) in [4.78, 5) is 3.93. The highest BCUT2D eigenvalue weighted by molar-refractivity contribution is 5.20. The van der Waals surface area contributed by atoms with Gasteiger partial charge in [-0.2, -0.15) is 5.10 Å². The van der Waals surface area contributed by atoms with Crippen LogP contribution < -0.4 is 0 Å². The van der Waals surface area contributed by atoms with Crippen LogP contribution >= 0.6 is 0 Å². The van der Waals surface area contributed by atoms with Crippen molar-refractivity contribution >= 4 is 6.20 Å². The fourth-order valence-electron chi connectivity index (χ4n) is 0.725. The van der Waals surface area contributed by atoms with Gasteiger partial charge in [0.15, 0.2) is 5.82 Å². The van der Waals surface area contributed by atoms with Gasteiger partial charge in [-0.1, -0.05) is 0 Å². The van der Waals surface area contributed by atoms with Crippen LogP contribution in [0, 0.1) is 0 Å². The molecule has 0 radical (unpaired) electrons. The SMILES string of the molecule is C1=Cn2ncnc2CO1. The van der Waals surface area contributed by atoms with E-state index in [9.17, 15) is 0 Å². The molecule has 2 heterocycles. The molecule has 4 nitrogen and oxygen atoms in total. The Hall–Kier alpha value is -1.32. The maximum Gasteiger partial charge on any atom is 0.169 e. The molecule has 0 fully saturated rings. The molecular weight excluding hydrogens is 118 g/mol. The molecule has 0 spiro atoms. The van der Waals surface area contributed by atoms with Crippen LogP contribution in [-0.4, -0.2) is 14.8 Å². The number of hydrogen-bond donors (Lipinski definition) is 0. The average molecular weight is 123 g/mol. The standard InChI is InChI=1S/C5H5N3O/c1-2-9-3-5-6-4-7-8(1)5/h1-2,4H,3H2. The predicted octanol–water partition coefficient (Wildman–Crippen LogP) is 0.236. The summed E-state index contributed by atoms with van der Waals surface area (Å²) in [5, 5.41) is 3.90. The number of nitrogens with zero attached hydrogens (tertiary/aromatic N) is 3. The minimum Gasteiger partial charge on any atom is -0.492 e. The molecule has 1 aliphatic heterocycles. The monoisotopic (exact) mass is 123 g/mol. The lowest BCUT2D eigenvalue weighted by atomic mass is 10.6. The smallest absolute Gasteiger partial charge is 0.169 e. The Labute approximate surface area is 51.8 Å². The van der Waals surface area contributed by atoms with Crippen molar-refractivity contribution in [3.63, 3.8) is 0 Å². The predicted molar refractivity (Wildman–Crippen MR) is 30.1 cm³/mol. The normalized spacial score (nSPS) is 14.7. The molecule has 0 atom stereocenters. The quantitative estimate of drug-likeness (QED) is 0.496. The van der Waals surface area contributed by atoms with E-state index in [-0.39, 0.29) is 0 Å². The van der Waals surface area contributed by atoms with Crippen LogP contribution in [-0.2, 0) is 11.3 Å². The van der Waals surface area contributed by atoms with Crippen molar-refractivity contribution in [2.45, 2.75) is 6.61 Å². The highest BCUT2D eigenvalue weighted by atomic mass is 16.5. The molecule has 0 bridgehead atoms. The van der Waals surface area contributed by atoms with Gasteiger partial charge in [-0.05, 0) is 0 Å². The summed E-state index contributed by atoms with van der Waals surface area (Å²) in [7, 11) is 0. The molecule has 0 aromatic carbocycles. The van der Waals surface area contributed by atoms with Crippen molar-refractivity contribution in [3.05, 3.63) is 18.4 Å². The Kier molecular flexibility index (Phi) is 0.798. The summed E-state index contributed by atoms with van der Waals surface area (Å²) in [6.07, 6.45) is 4.84. The van der Waals surface area contributed by atoms with E-state index in [0.717, 1.165) is 5.82 Å². The lowest BCUT2D eigenvalue weighted by Gasteiger charge is -2.04. The second kappa shape index (κ2) is 1.58. The maximum absolute atomic E-state index is 4.95. The van der Waals surface area contributed by atoms with Gasteiger partial charge in [0.2, 0.25) is 0 Å². The van der Waals surface area contributed by atoms with Crippen molar-refractivity contribution in [1.29, 1.82) is 0 Å². The van der Waals surface area contributed by atoms with E-state index in [2.05, 4.69) is 10.1 Å². The number of fused-ring (bicyclic) bond motifs is 1. The van der Waals surface area contributed by atoms with Gasteiger partial charge in [0.25, 0.3) is 0 Å². The first kappa shape index (κ1) is 4.55. The lowest BCUT2D eigenvalue weighted by molar-refractivity contribution is 0.218. The number of aromatic nitrogens is 3. The van der Waals surface area contributed by atoms with Gasteiger partial charge in [-0.15, -0.1) is 0 Å². The first-order chi connectivity index (χ1) is 4.47. The van der Waals surface area contributed by atoms with Crippen molar-refractivity contribution in [2.75, 3.05) is 0 Å². The van der Waals surface area contributed by atoms with Crippen molar-refractivity contribution in [1.82, 2.24) is 14.8 Å². The van der Waals surface area contributed by atoms with Crippen LogP contribution in [0.1, 0.15) is 5.82 Å². The first-order valence-corrected chi connectivity index (χ1v) is 2.63. The zero-order chi connectivity index (χ0) is 6.10. The number of rotatable bonds is 0. The number of hydrogen-bond acceptors (Lipinski definition) is 3. The van der Waals surface area contributed by atoms with Crippen LogP contribution in [0.15, 0.2) is 12.6 Å². The second-order valence-corrected chi connectivity index (χ2v) is 1.72. The Balaban J connectivity index is 2.53. The molecular formula is C5H5N3O. The molecule has 1 aromatic rings. The van der Waals surface area contributed by atoms with Crippen molar-refractivity contribution in [2.24, 2.45) is 0 Å². The summed E-state index contributed by atoms with van der Waals surface area (Å²) < 4.78 is 6.63.